The smallest absolute Gasteiger partial charge is 0.159 e. The lowest BCUT2D eigenvalue weighted by molar-refractivity contribution is -0.0527. The van der Waals surface area contributed by atoms with Crippen molar-refractivity contribution in [3.8, 4) is 0 Å². The number of nitrogens with zero attached hydrogens (tertiary/aromatic N) is 3. The van der Waals surface area contributed by atoms with Crippen LogP contribution in [0, 0.1) is 0 Å². The molecule has 1 saturated heterocycles. The van der Waals surface area contributed by atoms with Gasteiger partial charge in [0, 0.05) is 25.4 Å². The maximum atomic E-state index is 5.56. The monoisotopic (exact) mass is 282 g/mol. The van der Waals surface area contributed by atoms with Gasteiger partial charge in [-0.1, -0.05) is 13.8 Å². The zero-order valence-corrected chi connectivity index (χ0v) is 12.5. The van der Waals surface area contributed by atoms with E-state index in [-0.39, 0.29) is 6.29 Å². The molecule has 6 heteroatoms. The van der Waals surface area contributed by atoms with Crippen LogP contribution in [0.15, 0.2) is 6.33 Å². The molecule has 114 valence electrons. The largest absolute Gasteiger partial charge is 0.350 e. The van der Waals surface area contributed by atoms with Crippen molar-refractivity contribution in [2.45, 2.75) is 58.4 Å². The van der Waals surface area contributed by atoms with E-state index in [0.717, 1.165) is 44.6 Å². The van der Waals surface area contributed by atoms with Crippen molar-refractivity contribution < 1.29 is 9.47 Å². The Morgan fingerprint density at radius 2 is 2.15 bits per heavy atom. The number of rotatable bonds is 9. The van der Waals surface area contributed by atoms with Crippen molar-refractivity contribution in [2.75, 3.05) is 19.8 Å². The highest BCUT2D eigenvalue weighted by Crippen LogP contribution is 2.13. The third-order valence-corrected chi connectivity index (χ3v) is 3.41. The highest BCUT2D eigenvalue weighted by molar-refractivity contribution is 4.90. The van der Waals surface area contributed by atoms with E-state index < -0.39 is 0 Å². The normalized spacial score (nSPS) is 17.7. The van der Waals surface area contributed by atoms with E-state index in [4.69, 9.17) is 9.47 Å². The maximum Gasteiger partial charge on any atom is 0.159 e. The highest BCUT2D eigenvalue weighted by atomic mass is 16.7. The summed E-state index contributed by atoms with van der Waals surface area (Å²) in [5.41, 5.74) is 0. The highest BCUT2D eigenvalue weighted by Gasteiger charge is 2.22. The van der Waals surface area contributed by atoms with E-state index in [0.29, 0.717) is 19.3 Å². The van der Waals surface area contributed by atoms with Crippen LogP contribution in [0.2, 0.25) is 0 Å². The molecule has 0 bridgehead atoms. The molecule has 0 aliphatic carbocycles. The molecule has 20 heavy (non-hydrogen) atoms. The number of nitrogens with one attached hydrogen (secondary N) is 1. The van der Waals surface area contributed by atoms with E-state index in [1.807, 2.05) is 4.68 Å². The Bertz CT molecular complexity index is 377. The molecule has 1 aromatic rings. The van der Waals surface area contributed by atoms with E-state index >= 15 is 0 Å². The SMILES string of the molecule is CCCNC(Cc1ncnn1CCC)CC1OCCO1. The molecule has 1 fully saturated rings. The molecular formula is C14H26N4O2. The average Bonchev–Trinajstić information content (AvgIpc) is 3.09. The van der Waals surface area contributed by atoms with Crippen LogP contribution >= 0.6 is 0 Å². The van der Waals surface area contributed by atoms with Gasteiger partial charge in [-0.3, -0.25) is 4.68 Å². The minimum absolute atomic E-state index is 0.0769. The van der Waals surface area contributed by atoms with Crippen LogP contribution in [0.1, 0.15) is 38.9 Å². The van der Waals surface area contributed by atoms with Crippen molar-refractivity contribution in [1.82, 2.24) is 20.1 Å². The molecule has 2 rings (SSSR count). The summed E-state index contributed by atoms with van der Waals surface area (Å²) in [6.07, 6.45) is 5.47. The first-order valence-corrected chi connectivity index (χ1v) is 7.66. The van der Waals surface area contributed by atoms with Crippen LogP contribution in [0.25, 0.3) is 0 Å². The molecule has 1 aromatic heterocycles. The van der Waals surface area contributed by atoms with E-state index in [2.05, 4.69) is 29.2 Å². The zero-order chi connectivity index (χ0) is 14.2. The number of hydrogen-bond donors (Lipinski definition) is 1. The third-order valence-electron chi connectivity index (χ3n) is 3.41. The summed E-state index contributed by atoms with van der Waals surface area (Å²) in [5.74, 6) is 1.04. The van der Waals surface area contributed by atoms with Crippen molar-refractivity contribution in [1.29, 1.82) is 0 Å². The minimum atomic E-state index is -0.0769. The van der Waals surface area contributed by atoms with Gasteiger partial charge in [-0.05, 0) is 19.4 Å². The van der Waals surface area contributed by atoms with Gasteiger partial charge in [0.15, 0.2) is 6.29 Å². The van der Waals surface area contributed by atoms with Crippen LogP contribution in [-0.4, -0.2) is 46.9 Å². The fraction of sp³-hybridized carbons (Fsp3) is 0.857. The lowest BCUT2D eigenvalue weighted by atomic mass is 10.1. The first-order valence-electron chi connectivity index (χ1n) is 7.66. The van der Waals surface area contributed by atoms with Crippen molar-refractivity contribution >= 4 is 0 Å². The van der Waals surface area contributed by atoms with Gasteiger partial charge in [0.1, 0.15) is 12.2 Å². The van der Waals surface area contributed by atoms with Gasteiger partial charge in [-0.2, -0.15) is 5.10 Å². The zero-order valence-electron chi connectivity index (χ0n) is 12.5. The second kappa shape index (κ2) is 8.34. The predicted octanol–water partition coefficient (Wildman–Crippen LogP) is 1.36. The molecule has 0 radical (unpaired) electrons. The Balaban J connectivity index is 1.92. The standard InChI is InChI=1S/C14H26N4O2/c1-3-5-15-12(10-14-19-7-8-20-14)9-13-16-11-17-18(13)6-4-2/h11-12,14-15H,3-10H2,1-2H3. The minimum Gasteiger partial charge on any atom is -0.350 e. The summed E-state index contributed by atoms with van der Waals surface area (Å²) in [6, 6.07) is 0.317. The molecule has 2 heterocycles. The molecule has 1 unspecified atom stereocenters. The first-order chi connectivity index (χ1) is 9.83. The quantitative estimate of drug-likeness (QED) is 0.741. The van der Waals surface area contributed by atoms with Gasteiger partial charge in [0.2, 0.25) is 0 Å². The van der Waals surface area contributed by atoms with Crippen LogP contribution in [0.4, 0.5) is 0 Å². The van der Waals surface area contributed by atoms with E-state index in [1.54, 1.807) is 6.33 Å². The fourth-order valence-corrected chi connectivity index (χ4v) is 2.43. The Labute approximate surface area is 120 Å². The first kappa shape index (κ1) is 15.4. The Hall–Kier alpha value is -0.980. The van der Waals surface area contributed by atoms with Gasteiger partial charge in [0.25, 0.3) is 0 Å². The number of aromatic nitrogens is 3. The average molecular weight is 282 g/mol. The molecule has 1 aliphatic heterocycles. The van der Waals surface area contributed by atoms with Gasteiger partial charge < -0.3 is 14.8 Å². The summed E-state index contributed by atoms with van der Waals surface area (Å²) < 4.78 is 13.1. The number of aryl methyl sites for hydroxylation is 1. The summed E-state index contributed by atoms with van der Waals surface area (Å²) >= 11 is 0. The molecule has 1 aliphatic rings. The summed E-state index contributed by atoms with van der Waals surface area (Å²) in [4.78, 5) is 4.39. The molecule has 0 amide bonds. The summed E-state index contributed by atoms with van der Waals surface area (Å²) in [6.45, 7) is 7.66. The van der Waals surface area contributed by atoms with Gasteiger partial charge in [0.05, 0.1) is 13.2 Å². The van der Waals surface area contributed by atoms with Crippen molar-refractivity contribution in [2.24, 2.45) is 0 Å². The van der Waals surface area contributed by atoms with Gasteiger partial charge in [-0.15, -0.1) is 0 Å². The predicted molar refractivity (Wildman–Crippen MR) is 76.4 cm³/mol. The van der Waals surface area contributed by atoms with Crippen LogP contribution in [-0.2, 0) is 22.4 Å². The summed E-state index contributed by atoms with van der Waals surface area (Å²) in [7, 11) is 0. The third kappa shape index (κ3) is 4.54. The summed E-state index contributed by atoms with van der Waals surface area (Å²) in [5, 5.41) is 7.85. The Morgan fingerprint density at radius 1 is 1.35 bits per heavy atom. The second-order valence-electron chi connectivity index (χ2n) is 5.16. The van der Waals surface area contributed by atoms with Crippen LogP contribution < -0.4 is 5.32 Å². The fourth-order valence-electron chi connectivity index (χ4n) is 2.43. The number of ether oxygens (including phenoxy) is 2. The van der Waals surface area contributed by atoms with Crippen LogP contribution in [0.5, 0.6) is 0 Å². The van der Waals surface area contributed by atoms with Gasteiger partial charge >= 0.3 is 0 Å². The molecule has 1 atom stereocenters. The lowest BCUT2D eigenvalue weighted by Crippen LogP contribution is -2.36. The number of hydrogen-bond acceptors (Lipinski definition) is 5. The Morgan fingerprint density at radius 3 is 2.85 bits per heavy atom. The van der Waals surface area contributed by atoms with E-state index in [9.17, 15) is 0 Å². The second-order valence-corrected chi connectivity index (χ2v) is 5.16. The van der Waals surface area contributed by atoms with Gasteiger partial charge in [-0.25, -0.2) is 4.98 Å². The van der Waals surface area contributed by atoms with Crippen molar-refractivity contribution in [3.63, 3.8) is 0 Å². The molecule has 0 saturated carbocycles. The van der Waals surface area contributed by atoms with Crippen molar-refractivity contribution in [3.05, 3.63) is 12.2 Å². The maximum absolute atomic E-state index is 5.56. The molecule has 6 nitrogen and oxygen atoms in total. The topological polar surface area (TPSA) is 61.2 Å². The molecule has 1 N–H and O–H groups in total. The van der Waals surface area contributed by atoms with Crippen LogP contribution in [0.3, 0.4) is 0 Å². The Kier molecular flexibility index (Phi) is 6.42. The molecular weight excluding hydrogens is 256 g/mol. The molecule has 0 aromatic carbocycles. The lowest BCUT2D eigenvalue weighted by Gasteiger charge is -2.21. The molecule has 0 spiro atoms. The van der Waals surface area contributed by atoms with E-state index in [1.165, 1.54) is 0 Å².